The van der Waals surface area contributed by atoms with Crippen LogP contribution in [0.3, 0.4) is 0 Å². The van der Waals surface area contributed by atoms with E-state index in [9.17, 15) is 0 Å². The highest BCUT2D eigenvalue weighted by Gasteiger charge is 2.41. The molecule has 138 valence electrons. The summed E-state index contributed by atoms with van der Waals surface area (Å²) >= 11 is 0. The van der Waals surface area contributed by atoms with Crippen molar-refractivity contribution in [3.63, 3.8) is 0 Å². The zero-order chi connectivity index (χ0) is 17.7. The van der Waals surface area contributed by atoms with Gasteiger partial charge in [0.2, 0.25) is 0 Å². The highest BCUT2D eigenvalue weighted by molar-refractivity contribution is 5.80. The SMILES string of the molecule is CN=C(NCC(C)Oc1ccccc1OC)N1CCC2(CCCC2)C1. The first-order valence-corrected chi connectivity index (χ1v) is 9.41. The molecule has 25 heavy (non-hydrogen) atoms. The molecule has 1 saturated carbocycles. The number of rotatable bonds is 5. The summed E-state index contributed by atoms with van der Waals surface area (Å²) < 4.78 is 11.4. The van der Waals surface area contributed by atoms with E-state index in [4.69, 9.17) is 9.47 Å². The standard InChI is InChI=1S/C20H31N3O2/c1-16(25-18-9-5-4-8-17(18)24-3)14-22-19(21-2)23-13-12-20(15-23)10-6-7-11-20/h4-5,8-9,16H,6-7,10-15H2,1-3H3,(H,21,22). The van der Waals surface area contributed by atoms with Crippen molar-refractivity contribution in [2.24, 2.45) is 10.4 Å². The Morgan fingerprint density at radius 1 is 1.24 bits per heavy atom. The molecule has 1 spiro atoms. The molecule has 1 aliphatic heterocycles. The van der Waals surface area contributed by atoms with E-state index in [2.05, 4.69) is 22.1 Å². The van der Waals surface area contributed by atoms with E-state index in [-0.39, 0.29) is 6.10 Å². The lowest BCUT2D eigenvalue weighted by atomic mass is 9.86. The Kier molecular flexibility index (Phi) is 5.71. The second kappa shape index (κ2) is 7.98. The molecule has 2 fully saturated rings. The van der Waals surface area contributed by atoms with Crippen molar-refractivity contribution in [1.29, 1.82) is 0 Å². The summed E-state index contributed by atoms with van der Waals surface area (Å²) in [5.41, 5.74) is 0.553. The molecule has 0 radical (unpaired) electrons. The van der Waals surface area contributed by atoms with Crippen LogP contribution in [0.4, 0.5) is 0 Å². The van der Waals surface area contributed by atoms with Crippen molar-refractivity contribution in [3.8, 4) is 11.5 Å². The predicted octanol–water partition coefficient (Wildman–Crippen LogP) is 3.30. The van der Waals surface area contributed by atoms with Crippen molar-refractivity contribution in [2.45, 2.75) is 45.1 Å². The van der Waals surface area contributed by atoms with Crippen LogP contribution in [0.5, 0.6) is 11.5 Å². The van der Waals surface area contributed by atoms with Gasteiger partial charge in [0.15, 0.2) is 17.5 Å². The van der Waals surface area contributed by atoms with Gasteiger partial charge in [-0.05, 0) is 43.7 Å². The third-order valence-electron chi connectivity index (χ3n) is 5.56. The van der Waals surface area contributed by atoms with Gasteiger partial charge in [-0.1, -0.05) is 25.0 Å². The Morgan fingerprint density at radius 3 is 2.64 bits per heavy atom. The van der Waals surface area contributed by atoms with E-state index >= 15 is 0 Å². The summed E-state index contributed by atoms with van der Waals surface area (Å²) in [5.74, 6) is 2.54. The monoisotopic (exact) mass is 345 g/mol. The Hall–Kier alpha value is -1.91. The van der Waals surface area contributed by atoms with Gasteiger partial charge in [-0.3, -0.25) is 4.99 Å². The van der Waals surface area contributed by atoms with Crippen molar-refractivity contribution >= 4 is 5.96 Å². The maximum absolute atomic E-state index is 6.03. The predicted molar refractivity (Wildman–Crippen MR) is 102 cm³/mol. The average molecular weight is 345 g/mol. The van der Waals surface area contributed by atoms with E-state index in [1.807, 2.05) is 31.3 Å². The third kappa shape index (κ3) is 4.20. The Morgan fingerprint density at radius 2 is 1.96 bits per heavy atom. The van der Waals surface area contributed by atoms with Crippen LogP contribution in [0.25, 0.3) is 0 Å². The molecule has 1 aliphatic carbocycles. The molecule has 1 N–H and O–H groups in total. The fraction of sp³-hybridized carbons (Fsp3) is 0.650. The number of likely N-dealkylation sites (tertiary alicyclic amines) is 1. The Labute approximate surface area is 151 Å². The number of hydrogen-bond acceptors (Lipinski definition) is 3. The van der Waals surface area contributed by atoms with Crippen LogP contribution in [0.15, 0.2) is 29.3 Å². The topological polar surface area (TPSA) is 46.1 Å². The minimum absolute atomic E-state index is 0.0242. The molecule has 5 heteroatoms. The molecule has 0 aromatic heterocycles. The maximum Gasteiger partial charge on any atom is 0.193 e. The van der Waals surface area contributed by atoms with Crippen LogP contribution >= 0.6 is 0 Å². The molecule has 0 bridgehead atoms. The highest BCUT2D eigenvalue weighted by atomic mass is 16.5. The number of methoxy groups -OCH3 is 1. The maximum atomic E-state index is 6.03. The van der Waals surface area contributed by atoms with Crippen LogP contribution in [-0.2, 0) is 0 Å². The first kappa shape index (κ1) is 17.9. The normalized spacial score (nSPS) is 20.8. The van der Waals surface area contributed by atoms with Crippen LogP contribution in [0, 0.1) is 5.41 Å². The van der Waals surface area contributed by atoms with E-state index in [1.54, 1.807) is 7.11 Å². The van der Waals surface area contributed by atoms with Crippen molar-refractivity contribution < 1.29 is 9.47 Å². The first-order valence-electron chi connectivity index (χ1n) is 9.41. The largest absolute Gasteiger partial charge is 0.493 e. The summed E-state index contributed by atoms with van der Waals surface area (Å²) in [6, 6.07) is 7.76. The molecule has 5 nitrogen and oxygen atoms in total. The van der Waals surface area contributed by atoms with Crippen molar-refractivity contribution in [1.82, 2.24) is 10.2 Å². The second-order valence-corrected chi connectivity index (χ2v) is 7.39. The van der Waals surface area contributed by atoms with Gasteiger partial charge in [-0.2, -0.15) is 0 Å². The summed E-state index contributed by atoms with van der Waals surface area (Å²) in [4.78, 5) is 6.91. The van der Waals surface area contributed by atoms with Crippen LogP contribution in [-0.4, -0.2) is 50.8 Å². The van der Waals surface area contributed by atoms with Crippen molar-refractivity contribution in [2.75, 3.05) is 33.8 Å². The number of ether oxygens (including phenoxy) is 2. The Balaban J connectivity index is 1.51. The summed E-state index contributed by atoms with van der Waals surface area (Å²) in [6.07, 6.45) is 6.88. The summed E-state index contributed by atoms with van der Waals surface area (Å²) in [5, 5.41) is 3.49. The van der Waals surface area contributed by atoms with Crippen LogP contribution < -0.4 is 14.8 Å². The summed E-state index contributed by atoms with van der Waals surface area (Å²) in [7, 11) is 3.53. The van der Waals surface area contributed by atoms with Crippen LogP contribution in [0.2, 0.25) is 0 Å². The molecule has 1 aromatic carbocycles. The molecule has 1 unspecified atom stereocenters. The lowest BCUT2D eigenvalue weighted by Gasteiger charge is -2.26. The fourth-order valence-electron chi connectivity index (χ4n) is 4.19. The zero-order valence-corrected chi connectivity index (χ0v) is 15.8. The molecule has 1 aromatic rings. The highest BCUT2D eigenvalue weighted by Crippen LogP contribution is 2.45. The van der Waals surface area contributed by atoms with Gasteiger partial charge in [0, 0.05) is 20.1 Å². The molecule has 1 saturated heterocycles. The van der Waals surface area contributed by atoms with Gasteiger partial charge in [0.05, 0.1) is 13.7 Å². The lowest BCUT2D eigenvalue weighted by Crippen LogP contribution is -2.44. The van der Waals surface area contributed by atoms with E-state index in [0.717, 1.165) is 30.5 Å². The molecule has 0 amide bonds. The molecular weight excluding hydrogens is 314 g/mol. The fourth-order valence-corrected chi connectivity index (χ4v) is 4.19. The smallest absolute Gasteiger partial charge is 0.193 e. The average Bonchev–Trinajstić information content (AvgIpc) is 3.26. The molecule has 2 aliphatic rings. The van der Waals surface area contributed by atoms with Crippen LogP contribution in [0.1, 0.15) is 39.0 Å². The number of nitrogens with zero attached hydrogens (tertiary/aromatic N) is 2. The second-order valence-electron chi connectivity index (χ2n) is 7.39. The van der Waals surface area contributed by atoms with Gasteiger partial charge in [0.25, 0.3) is 0 Å². The molecule has 1 heterocycles. The molecule has 3 rings (SSSR count). The zero-order valence-electron chi connectivity index (χ0n) is 15.8. The number of benzene rings is 1. The Bertz CT molecular complexity index is 596. The van der Waals surface area contributed by atoms with E-state index in [1.165, 1.54) is 32.1 Å². The third-order valence-corrected chi connectivity index (χ3v) is 5.56. The number of para-hydroxylation sites is 2. The first-order chi connectivity index (χ1) is 12.2. The number of hydrogen-bond donors (Lipinski definition) is 1. The quantitative estimate of drug-likeness (QED) is 0.657. The van der Waals surface area contributed by atoms with Crippen molar-refractivity contribution in [3.05, 3.63) is 24.3 Å². The van der Waals surface area contributed by atoms with Gasteiger partial charge < -0.3 is 19.7 Å². The number of aliphatic imine (C=N–C) groups is 1. The van der Waals surface area contributed by atoms with Gasteiger partial charge >= 0.3 is 0 Å². The number of guanidine groups is 1. The molecular formula is C20H31N3O2. The summed E-state index contributed by atoms with van der Waals surface area (Å²) in [6.45, 7) is 5.04. The minimum atomic E-state index is 0.0242. The minimum Gasteiger partial charge on any atom is -0.493 e. The lowest BCUT2D eigenvalue weighted by molar-refractivity contribution is 0.212. The number of nitrogens with one attached hydrogen (secondary N) is 1. The molecule has 1 atom stereocenters. The van der Waals surface area contributed by atoms with E-state index in [0.29, 0.717) is 12.0 Å². The van der Waals surface area contributed by atoms with Gasteiger partial charge in [-0.15, -0.1) is 0 Å². The van der Waals surface area contributed by atoms with E-state index < -0.39 is 0 Å². The van der Waals surface area contributed by atoms with Gasteiger partial charge in [0.1, 0.15) is 6.10 Å². The van der Waals surface area contributed by atoms with Gasteiger partial charge in [-0.25, -0.2) is 0 Å².